The van der Waals surface area contributed by atoms with Gasteiger partial charge < -0.3 is 15.3 Å². The molecule has 0 aromatic rings. The number of hydrogen-bond donors (Lipinski definition) is 2. The predicted octanol–water partition coefficient (Wildman–Crippen LogP) is 0.792. The van der Waals surface area contributed by atoms with Crippen LogP contribution >= 0.6 is 0 Å². The summed E-state index contributed by atoms with van der Waals surface area (Å²) < 4.78 is 11.2. The molecule has 1 aliphatic rings. The predicted molar refractivity (Wildman–Crippen MR) is 73.5 cm³/mol. The third-order valence-corrected chi connectivity index (χ3v) is 4.81. The van der Waals surface area contributed by atoms with E-state index in [0.717, 1.165) is 12.8 Å². The van der Waals surface area contributed by atoms with Crippen molar-refractivity contribution in [3.05, 3.63) is 0 Å². The lowest BCUT2D eigenvalue weighted by molar-refractivity contribution is -0.143. The van der Waals surface area contributed by atoms with Crippen LogP contribution in [0.1, 0.15) is 32.6 Å². The highest BCUT2D eigenvalue weighted by Crippen LogP contribution is 2.17. The summed E-state index contributed by atoms with van der Waals surface area (Å²) in [7, 11) is -0.903. The number of carboxylic acid groups (broad SMARTS) is 1. The zero-order valence-corrected chi connectivity index (χ0v) is 12.2. The van der Waals surface area contributed by atoms with E-state index in [4.69, 9.17) is 5.11 Å². The van der Waals surface area contributed by atoms with Crippen LogP contribution in [-0.2, 0) is 15.6 Å². The summed E-state index contributed by atoms with van der Waals surface area (Å²) in [6.07, 6.45) is 4.45. The van der Waals surface area contributed by atoms with Gasteiger partial charge in [0.15, 0.2) is 0 Å². The smallest absolute Gasteiger partial charge is 0.326 e. The van der Waals surface area contributed by atoms with Gasteiger partial charge >= 0.3 is 12.0 Å². The monoisotopic (exact) mass is 290 g/mol. The fraction of sp³-hybridized carbons (Fsp3) is 0.833. The molecule has 0 aromatic carbocycles. The molecule has 0 spiro atoms. The highest BCUT2D eigenvalue weighted by molar-refractivity contribution is 7.84. The minimum atomic E-state index is -0.946. The lowest BCUT2D eigenvalue weighted by atomic mass is 10.0. The molecular weight excluding hydrogens is 268 g/mol. The van der Waals surface area contributed by atoms with Crippen LogP contribution in [0.3, 0.4) is 0 Å². The van der Waals surface area contributed by atoms with Gasteiger partial charge in [0.05, 0.1) is 0 Å². The van der Waals surface area contributed by atoms with Gasteiger partial charge in [-0.15, -0.1) is 0 Å². The minimum absolute atomic E-state index is 0.0249. The van der Waals surface area contributed by atoms with Gasteiger partial charge in [-0.05, 0) is 25.7 Å². The Kier molecular flexibility index (Phi) is 6.27. The van der Waals surface area contributed by atoms with Gasteiger partial charge in [0.1, 0.15) is 6.04 Å². The van der Waals surface area contributed by atoms with E-state index in [1.165, 1.54) is 4.90 Å². The molecule has 7 heteroatoms. The summed E-state index contributed by atoms with van der Waals surface area (Å²) in [5.41, 5.74) is 0. The molecule has 1 heterocycles. The maximum absolute atomic E-state index is 11.9. The molecule has 110 valence electrons. The number of amides is 2. The Hall–Kier alpha value is -1.11. The third-order valence-electron chi connectivity index (χ3n) is 3.44. The molecule has 1 saturated heterocycles. The molecule has 1 aliphatic heterocycles. The summed E-state index contributed by atoms with van der Waals surface area (Å²) in [5.74, 6) is -0.946. The topological polar surface area (TPSA) is 86.7 Å². The van der Waals surface area contributed by atoms with Crippen LogP contribution in [-0.4, -0.2) is 56.9 Å². The van der Waals surface area contributed by atoms with Crippen molar-refractivity contribution in [3.63, 3.8) is 0 Å². The standard InChI is InChI=1S/C12H22N2O4S/c1-9(19(2)18)6-7-13-12(17)14-8-4-3-5-10(14)11(15)16/h9-10H,3-8H2,1-2H3,(H,13,17)(H,15,16). The van der Waals surface area contributed by atoms with E-state index in [9.17, 15) is 13.8 Å². The van der Waals surface area contributed by atoms with Gasteiger partial charge in [-0.3, -0.25) is 4.21 Å². The summed E-state index contributed by atoms with van der Waals surface area (Å²) in [6.45, 7) is 2.77. The van der Waals surface area contributed by atoms with E-state index in [0.29, 0.717) is 25.9 Å². The molecule has 3 atom stereocenters. The fourth-order valence-electron chi connectivity index (χ4n) is 2.08. The number of likely N-dealkylation sites (tertiary alicyclic amines) is 1. The Morgan fingerprint density at radius 3 is 2.74 bits per heavy atom. The first-order valence-corrected chi connectivity index (χ1v) is 8.15. The molecule has 3 unspecified atom stereocenters. The molecule has 1 fully saturated rings. The van der Waals surface area contributed by atoms with Gasteiger partial charge in [-0.2, -0.15) is 0 Å². The number of carbonyl (C=O) groups is 2. The highest BCUT2D eigenvalue weighted by atomic mass is 32.2. The van der Waals surface area contributed by atoms with Crippen molar-refractivity contribution in [2.45, 2.75) is 43.9 Å². The highest BCUT2D eigenvalue weighted by Gasteiger charge is 2.31. The van der Waals surface area contributed by atoms with E-state index >= 15 is 0 Å². The van der Waals surface area contributed by atoms with Crippen LogP contribution in [0.4, 0.5) is 4.79 Å². The second kappa shape index (κ2) is 7.47. The van der Waals surface area contributed by atoms with Gasteiger partial charge in [0.25, 0.3) is 0 Å². The molecular formula is C12H22N2O4S. The number of hydrogen-bond acceptors (Lipinski definition) is 3. The number of nitrogens with zero attached hydrogens (tertiary/aromatic N) is 1. The zero-order chi connectivity index (χ0) is 14.4. The van der Waals surface area contributed by atoms with E-state index in [-0.39, 0.29) is 11.3 Å². The first-order chi connectivity index (χ1) is 8.93. The van der Waals surface area contributed by atoms with Crippen molar-refractivity contribution in [1.29, 1.82) is 0 Å². The average Bonchev–Trinajstić information content (AvgIpc) is 2.38. The Labute approximate surface area is 116 Å². The van der Waals surface area contributed by atoms with Gasteiger partial charge in [-0.25, -0.2) is 9.59 Å². The van der Waals surface area contributed by atoms with Crippen LogP contribution in [0.2, 0.25) is 0 Å². The quantitative estimate of drug-likeness (QED) is 0.784. The van der Waals surface area contributed by atoms with Crippen molar-refractivity contribution in [2.75, 3.05) is 19.3 Å². The third kappa shape index (κ3) is 4.81. The second-order valence-electron chi connectivity index (χ2n) is 4.87. The molecule has 6 nitrogen and oxygen atoms in total. The van der Waals surface area contributed by atoms with Crippen molar-refractivity contribution < 1.29 is 18.9 Å². The van der Waals surface area contributed by atoms with E-state index < -0.39 is 22.8 Å². The molecule has 19 heavy (non-hydrogen) atoms. The van der Waals surface area contributed by atoms with Crippen LogP contribution in [0.5, 0.6) is 0 Å². The van der Waals surface area contributed by atoms with Crippen molar-refractivity contribution in [1.82, 2.24) is 10.2 Å². The van der Waals surface area contributed by atoms with E-state index in [1.807, 2.05) is 6.92 Å². The molecule has 2 amide bonds. The van der Waals surface area contributed by atoms with Gasteiger partial charge in [0.2, 0.25) is 0 Å². The number of carboxylic acids is 1. The normalized spacial score (nSPS) is 22.6. The van der Waals surface area contributed by atoms with Crippen LogP contribution < -0.4 is 5.32 Å². The lowest BCUT2D eigenvalue weighted by Crippen LogP contribution is -2.52. The maximum atomic E-state index is 11.9. The van der Waals surface area contributed by atoms with Crippen LogP contribution in [0, 0.1) is 0 Å². The molecule has 1 rings (SSSR count). The van der Waals surface area contributed by atoms with E-state index in [2.05, 4.69) is 5.32 Å². The van der Waals surface area contributed by atoms with E-state index in [1.54, 1.807) is 6.26 Å². The first kappa shape index (κ1) is 15.9. The summed E-state index contributed by atoms with van der Waals surface area (Å²) in [5, 5.41) is 11.8. The number of carbonyl (C=O) groups excluding carboxylic acids is 1. The average molecular weight is 290 g/mol. The SMILES string of the molecule is CC(CCNC(=O)N1CCCCC1C(=O)O)S(C)=O. The van der Waals surface area contributed by atoms with Crippen LogP contribution in [0.25, 0.3) is 0 Å². The first-order valence-electron chi connectivity index (χ1n) is 6.53. The number of rotatable bonds is 5. The molecule has 0 radical (unpaired) electrons. The maximum Gasteiger partial charge on any atom is 0.326 e. The Bertz CT molecular complexity index is 362. The zero-order valence-electron chi connectivity index (χ0n) is 11.4. The lowest BCUT2D eigenvalue weighted by Gasteiger charge is -2.32. The van der Waals surface area contributed by atoms with Crippen LogP contribution in [0.15, 0.2) is 0 Å². The Balaban J connectivity index is 2.43. The molecule has 0 bridgehead atoms. The van der Waals surface area contributed by atoms with Gasteiger partial charge in [0, 0.05) is 35.4 Å². The molecule has 0 saturated carbocycles. The minimum Gasteiger partial charge on any atom is -0.480 e. The largest absolute Gasteiger partial charge is 0.480 e. The summed E-state index contributed by atoms with van der Waals surface area (Å²) in [6, 6.07) is -1.05. The van der Waals surface area contributed by atoms with Gasteiger partial charge in [-0.1, -0.05) is 6.92 Å². The van der Waals surface area contributed by atoms with Crippen molar-refractivity contribution in [2.24, 2.45) is 0 Å². The number of piperidine rings is 1. The number of urea groups is 1. The molecule has 2 N–H and O–H groups in total. The Morgan fingerprint density at radius 1 is 1.47 bits per heavy atom. The fourth-order valence-corrected chi connectivity index (χ4v) is 2.53. The number of aliphatic carboxylic acids is 1. The summed E-state index contributed by atoms with van der Waals surface area (Å²) >= 11 is 0. The number of nitrogens with one attached hydrogen (secondary N) is 1. The molecule has 0 aliphatic carbocycles. The molecule has 0 aromatic heterocycles. The summed E-state index contributed by atoms with van der Waals surface area (Å²) in [4.78, 5) is 24.4. The second-order valence-corrected chi connectivity index (χ2v) is 6.67. The Morgan fingerprint density at radius 2 is 2.16 bits per heavy atom. The van der Waals surface area contributed by atoms with Crippen molar-refractivity contribution in [3.8, 4) is 0 Å². The van der Waals surface area contributed by atoms with Crippen molar-refractivity contribution >= 4 is 22.8 Å².